The molecule has 0 aromatic rings. The van der Waals surface area contributed by atoms with Crippen molar-refractivity contribution in [2.24, 2.45) is 5.73 Å². The Morgan fingerprint density at radius 2 is 2.21 bits per heavy atom. The second-order valence-electron chi connectivity index (χ2n) is 3.41. The molecule has 14 heavy (non-hydrogen) atoms. The molecule has 1 rings (SSSR count). The summed E-state index contributed by atoms with van der Waals surface area (Å²) in [5.41, 5.74) is 4.79. The van der Waals surface area contributed by atoms with E-state index in [-0.39, 0.29) is 12.5 Å². The third-order valence-corrected chi connectivity index (χ3v) is 2.17. The predicted octanol–water partition coefficient (Wildman–Crippen LogP) is -1.87. The second kappa shape index (κ2) is 3.93. The Kier molecular flexibility index (Phi) is 3.07. The number of carbonyl (C=O) groups is 2. The van der Waals surface area contributed by atoms with Gasteiger partial charge in [0.05, 0.1) is 19.2 Å². The number of methoxy groups -OCH3 is 1. The summed E-state index contributed by atoms with van der Waals surface area (Å²) >= 11 is 0. The Bertz CT molecular complexity index is 250. The average Bonchev–Trinajstić information content (AvgIpc) is 2.92. The lowest BCUT2D eigenvalue weighted by molar-refractivity contribution is -0.150. The quantitative estimate of drug-likeness (QED) is 0.463. The Labute approximate surface area is 81.4 Å². The number of carbonyl (C=O) groups excluding carboxylic acids is 2. The van der Waals surface area contributed by atoms with Crippen molar-refractivity contribution in [3.05, 3.63) is 0 Å². The Hall–Kier alpha value is -1.14. The van der Waals surface area contributed by atoms with Gasteiger partial charge in [-0.25, -0.2) is 4.79 Å². The van der Waals surface area contributed by atoms with E-state index in [9.17, 15) is 9.59 Å². The molecule has 0 aliphatic heterocycles. The van der Waals surface area contributed by atoms with Crippen LogP contribution in [0, 0.1) is 0 Å². The van der Waals surface area contributed by atoms with Crippen LogP contribution in [0.5, 0.6) is 0 Å². The molecule has 0 saturated heterocycles. The zero-order valence-electron chi connectivity index (χ0n) is 7.95. The van der Waals surface area contributed by atoms with Crippen LogP contribution in [0.1, 0.15) is 12.8 Å². The number of esters is 1. The molecule has 4 N–H and O–H groups in total. The number of nitrogens with two attached hydrogens (primary N) is 1. The summed E-state index contributed by atoms with van der Waals surface area (Å²) in [6.45, 7) is -0.162. The van der Waals surface area contributed by atoms with E-state index in [1.165, 1.54) is 7.11 Å². The number of amides is 1. The molecule has 0 spiro atoms. The van der Waals surface area contributed by atoms with Crippen molar-refractivity contribution in [1.82, 2.24) is 5.32 Å². The summed E-state index contributed by atoms with van der Waals surface area (Å²) in [4.78, 5) is 22.0. The molecule has 0 aromatic carbocycles. The minimum Gasteiger partial charge on any atom is -0.467 e. The van der Waals surface area contributed by atoms with Crippen molar-refractivity contribution in [2.45, 2.75) is 24.5 Å². The third kappa shape index (κ3) is 2.43. The molecule has 6 nitrogen and oxygen atoms in total. The summed E-state index contributed by atoms with van der Waals surface area (Å²) < 4.78 is 4.27. The molecule has 1 aliphatic rings. The molecule has 0 aromatic heterocycles. The van der Waals surface area contributed by atoms with Gasteiger partial charge in [-0.15, -0.1) is 0 Å². The maximum atomic E-state index is 11.2. The molecule has 1 amide bonds. The zero-order valence-corrected chi connectivity index (χ0v) is 7.95. The van der Waals surface area contributed by atoms with E-state index in [4.69, 9.17) is 10.8 Å². The highest BCUT2D eigenvalue weighted by molar-refractivity contribution is 5.89. The SMILES string of the molecule is COC(=O)C(O)CNC(=O)C1(N)CC1. The molecular formula is C8H14N2O4. The van der Waals surface area contributed by atoms with Gasteiger partial charge in [-0.3, -0.25) is 4.79 Å². The van der Waals surface area contributed by atoms with Crippen molar-refractivity contribution in [3.63, 3.8) is 0 Å². The summed E-state index contributed by atoms with van der Waals surface area (Å²) in [7, 11) is 1.17. The van der Waals surface area contributed by atoms with Gasteiger partial charge in [0.15, 0.2) is 6.10 Å². The first-order valence-corrected chi connectivity index (χ1v) is 4.33. The first kappa shape index (κ1) is 10.9. The minimum atomic E-state index is -1.33. The third-order valence-electron chi connectivity index (χ3n) is 2.17. The molecule has 1 atom stereocenters. The molecule has 0 bridgehead atoms. The smallest absolute Gasteiger partial charge is 0.336 e. The van der Waals surface area contributed by atoms with E-state index >= 15 is 0 Å². The highest BCUT2D eigenvalue weighted by Crippen LogP contribution is 2.31. The summed E-state index contributed by atoms with van der Waals surface area (Å²) in [5, 5.41) is 11.5. The zero-order chi connectivity index (χ0) is 10.8. The topological polar surface area (TPSA) is 102 Å². The van der Waals surface area contributed by atoms with E-state index in [0.717, 1.165) is 0 Å². The number of hydrogen-bond donors (Lipinski definition) is 3. The highest BCUT2D eigenvalue weighted by atomic mass is 16.5. The predicted molar refractivity (Wildman–Crippen MR) is 47.2 cm³/mol. The van der Waals surface area contributed by atoms with Gasteiger partial charge in [-0.1, -0.05) is 0 Å². The molecular weight excluding hydrogens is 188 g/mol. The van der Waals surface area contributed by atoms with Crippen LogP contribution in [0.4, 0.5) is 0 Å². The van der Waals surface area contributed by atoms with Gasteiger partial charge >= 0.3 is 5.97 Å². The van der Waals surface area contributed by atoms with E-state index in [0.29, 0.717) is 12.8 Å². The van der Waals surface area contributed by atoms with E-state index in [1.807, 2.05) is 0 Å². The largest absolute Gasteiger partial charge is 0.467 e. The van der Waals surface area contributed by atoms with Crippen LogP contribution < -0.4 is 11.1 Å². The van der Waals surface area contributed by atoms with Crippen LogP contribution in [0.15, 0.2) is 0 Å². The fourth-order valence-electron chi connectivity index (χ4n) is 0.947. The fraction of sp³-hybridized carbons (Fsp3) is 0.750. The van der Waals surface area contributed by atoms with E-state index < -0.39 is 17.6 Å². The van der Waals surface area contributed by atoms with E-state index in [1.54, 1.807) is 0 Å². The average molecular weight is 202 g/mol. The van der Waals surface area contributed by atoms with Gasteiger partial charge in [-0.05, 0) is 12.8 Å². The van der Waals surface area contributed by atoms with Gasteiger partial charge in [0.1, 0.15) is 0 Å². The van der Waals surface area contributed by atoms with Crippen LogP contribution >= 0.6 is 0 Å². The van der Waals surface area contributed by atoms with Crippen LogP contribution in [0.2, 0.25) is 0 Å². The Balaban J connectivity index is 2.26. The number of ether oxygens (including phenoxy) is 1. The summed E-state index contributed by atoms with van der Waals surface area (Å²) in [6, 6.07) is 0. The van der Waals surface area contributed by atoms with Gasteiger partial charge < -0.3 is 20.9 Å². The lowest BCUT2D eigenvalue weighted by Gasteiger charge is -2.12. The number of rotatable bonds is 4. The Morgan fingerprint density at radius 3 is 2.64 bits per heavy atom. The summed E-state index contributed by atoms with van der Waals surface area (Å²) in [6.07, 6.45) is -0.0355. The molecule has 1 saturated carbocycles. The van der Waals surface area contributed by atoms with Gasteiger partial charge in [0.2, 0.25) is 5.91 Å². The molecule has 1 unspecified atom stereocenters. The Morgan fingerprint density at radius 1 is 1.64 bits per heavy atom. The molecule has 1 fully saturated rings. The first-order chi connectivity index (χ1) is 6.49. The van der Waals surface area contributed by atoms with Gasteiger partial charge in [0, 0.05) is 0 Å². The van der Waals surface area contributed by atoms with Crippen molar-refractivity contribution in [2.75, 3.05) is 13.7 Å². The van der Waals surface area contributed by atoms with Crippen molar-refractivity contribution in [3.8, 4) is 0 Å². The van der Waals surface area contributed by atoms with Crippen LogP contribution in [-0.4, -0.2) is 42.3 Å². The lowest BCUT2D eigenvalue weighted by Crippen LogP contribution is -2.46. The minimum absolute atomic E-state index is 0.162. The fourth-order valence-corrected chi connectivity index (χ4v) is 0.947. The van der Waals surface area contributed by atoms with Crippen molar-refractivity contribution in [1.29, 1.82) is 0 Å². The molecule has 80 valence electrons. The highest BCUT2D eigenvalue weighted by Gasteiger charge is 2.45. The maximum absolute atomic E-state index is 11.2. The van der Waals surface area contributed by atoms with E-state index in [2.05, 4.69) is 10.1 Å². The number of aliphatic hydroxyl groups excluding tert-OH is 1. The number of hydrogen-bond acceptors (Lipinski definition) is 5. The standard InChI is InChI=1S/C8H14N2O4/c1-14-6(12)5(11)4-10-7(13)8(9)2-3-8/h5,11H,2-4,9H2,1H3,(H,10,13). The van der Waals surface area contributed by atoms with Gasteiger partial charge in [0.25, 0.3) is 0 Å². The summed E-state index contributed by atoms with van der Waals surface area (Å²) in [5.74, 6) is -1.10. The van der Waals surface area contributed by atoms with Crippen LogP contribution in [0.25, 0.3) is 0 Å². The lowest BCUT2D eigenvalue weighted by atomic mass is 10.2. The first-order valence-electron chi connectivity index (χ1n) is 4.33. The van der Waals surface area contributed by atoms with Crippen molar-refractivity contribution >= 4 is 11.9 Å². The number of nitrogens with one attached hydrogen (secondary N) is 1. The van der Waals surface area contributed by atoms with Crippen LogP contribution in [-0.2, 0) is 14.3 Å². The monoisotopic (exact) mass is 202 g/mol. The molecule has 6 heteroatoms. The maximum Gasteiger partial charge on any atom is 0.336 e. The van der Waals surface area contributed by atoms with Crippen LogP contribution in [0.3, 0.4) is 0 Å². The van der Waals surface area contributed by atoms with Crippen molar-refractivity contribution < 1.29 is 19.4 Å². The van der Waals surface area contributed by atoms with Gasteiger partial charge in [-0.2, -0.15) is 0 Å². The molecule has 0 radical (unpaired) electrons. The second-order valence-corrected chi connectivity index (χ2v) is 3.41. The molecule has 0 heterocycles. The molecule has 1 aliphatic carbocycles. The number of aliphatic hydroxyl groups is 1. The normalized spacial score (nSPS) is 19.6.